The lowest BCUT2D eigenvalue weighted by Crippen LogP contribution is -2.07. The smallest absolute Gasteiger partial charge is 0.157 e. The normalized spacial score (nSPS) is 12.7. The summed E-state index contributed by atoms with van der Waals surface area (Å²) in [5.41, 5.74) is 9.27. The quantitative estimate of drug-likeness (QED) is 0.429. The molecule has 2 aromatic heterocycles. The van der Waals surface area contributed by atoms with Crippen molar-refractivity contribution >= 4 is 34.5 Å². The van der Waals surface area contributed by atoms with Crippen LogP contribution >= 0.6 is 12.4 Å². The van der Waals surface area contributed by atoms with E-state index in [4.69, 9.17) is 9.40 Å². The van der Waals surface area contributed by atoms with Crippen LogP contribution in [-0.2, 0) is 12.8 Å². The van der Waals surface area contributed by atoms with Crippen molar-refractivity contribution in [2.24, 2.45) is 0 Å². The predicted molar refractivity (Wildman–Crippen MR) is 96.3 cm³/mol. The van der Waals surface area contributed by atoms with Crippen LogP contribution in [0.4, 0.5) is 0 Å². The van der Waals surface area contributed by atoms with Crippen LogP contribution in [-0.4, -0.2) is 4.98 Å². The Bertz CT molecular complexity index is 1050. The van der Waals surface area contributed by atoms with Crippen LogP contribution in [0.2, 0.25) is 0 Å². The molecule has 0 spiro atoms. The van der Waals surface area contributed by atoms with Gasteiger partial charge in [0.15, 0.2) is 5.58 Å². The molecule has 2 nitrogen and oxygen atoms in total. The summed E-state index contributed by atoms with van der Waals surface area (Å²) >= 11 is 0. The van der Waals surface area contributed by atoms with E-state index in [0.29, 0.717) is 0 Å². The molecule has 2 heterocycles. The van der Waals surface area contributed by atoms with Crippen LogP contribution in [0.3, 0.4) is 0 Å². The van der Waals surface area contributed by atoms with Crippen molar-refractivity contribution in [2.45, 2.75) is 19.8 Å². The molecule has 1 aliphatic carbocycles. The Hall–Kier alpha value is -2.32. The fourth-order valence-corrected chi connectivity index (χ4v) is 3.69. The highest BCUT2D eigenvalue weighted by Crippen LogP contribution is 2.40. The van der Waals surface area contributed by atoms with Crippen molar-refractivity contribution in [1.82, 2.24) is 4.98 Å². The summed E-state index contributed by atoms with van der Waals surface area (Å²) in [5, 5.41) is 1.11. The van der Waals surface area contributed by atoms with Gasteiger partial charge in [0, 0.05) is 22.2 Å². The summed E-state index contributed by atoms with van der Waals surface area (Å²) in [5.74, 6) is 0. The second-order valence-electron chi connectivity index (χ2n) is 5.99. The van der Waals surface area contributed by atoms with Gasteiger partial charge in [-0.05, 0) is 43.0 Å². The molecule has 0 saturated carbocycles. The molecule has 114 valence electrons. The number of benzene rings is 2. The molecular weight excluding hydrogens is 306 g/mol. The molecule has 4 aromatic rings. The number of aromatic nitrogens is 1. The Morgan fingerprint density at radius 2 is 1.74 bits per heavy atom. The summed E-state index contributed by atoms with van der Waals surface area (Å²) in [6.45, 7) is 2.16. The van der Waals surface area contributed by atoms with Crippen molar-refractivity contribution in [1.29, 1.82) is 0 Å². The number of para-hydroxylation sites is 1. The van der Waals surface area contributed by atoms with E-state index in [2.05, 4.69) is 37.3 Å². The molecule has 0 saturated heterocycles. The van der Waals surface area contributed by atoms with Gasteiger partial charge in [0.25, 0.3) is 0 Å². The maximum absolute atomic E-state index is 6.10. The first kappa shape index (κ1) is 14.3. The summed E-state index contributed by atoms with van der Waals surface area (Å²) in [7, 11) is 0. The minimum atomic E-state index is 0. The zero-order chi connectivity index (χ0) is 14.7. The molecule has 0 fully saturated rings. The van der Waals surface area contributed by atoms with Crippen LogP contribution in [0, 0.1) is 6.92 Å². The predicted octanol–water partition coefficient (Wildman–Crippen LogP) is 5.48. The van der Waals surface area contributed by atoms with Gasteiger partial charge >= 0.3 is 0 Å². The van der Waals surface area contributed by atoms with Crippen LogP contribution in [0.5, 0.6) is 0 Å². The number of furan rings is 1. The second kappa shape index (κ2) is 5.10. The minimum absolute atomic E-state index is 0. The van der Waals surface area contributed by atoms with E-state index in [0.717, 1.165) is 34.9 Å². The summed E-state index contributed by atoms with van der Waals surface area (Å²) in [6.07, 6.45) is 2.07. The highest BCUT2D eigenvalue weighted by atomic mass is 35.5. The van der Waals surface area contributed by atoms with Crippen molar-refractivity contribution in [3.63, 3.8) is 0 Å². The van der Waals surface area contributed by atoms with E-state index in [1.807, 2.05) is 18.2 Å². The first-order valence-electron chi connectivity index (χ1n) is 7.72. The molecule has 1 aliphatic rings. The van der Waals surface area contributed by atoms with Crippen molar-refractivity contribution in [3.8, 4) is 11.1 Å². The van der Waals surface area contributed by atoms with Gasteiger partial charge in [0.05, 0.1) is 0 Å². The van der Waals surface area contributed by atoms with Crippen LogP contribution in [0.1, 0.15) is 16.8 Å². The highest BCUT2D eigenvalue weighted by molar-refractivity contribution is 6.05. The first-order chi connectivity index (χ1) is 10.8. The minimum Gasteiger partial charge on any atom is -0.454 e. The Balaban J connectivity index is 0.00000135. The zero-order valence-electron chi connectivity index (χ0n) is 12.8. The van der Waals surface area contributed by atoms with Gasteiger partial charge in [-0.1, -0.05) is 36.4 Å². The molecule has 0 N–H and O–H groups in total. The molecule has 0 radical (unpaired) electrons. The standard InChI is InChI=1S/C20H15NO.ClH/c1-12-18-14-7-3-2-6-13(14)10-11-16(18)21-19-15-8-4-5-9-17(15)22-20(12)19;/h2-9H,10-11H2,1H3;1H. The van der Waals surface area contributed by atoms with E-state index < -0.39 is 0 Å². The lowest BCUT2D eigenvalue weighted by molar-refractivity contribution is 0.664. The van der Waals surface area contributed by atoms with Gasteiger partial charge in [-0.15, -0.1) is 12.4 Å². The maximum Gasteiger partial charge on any atom is 0.157 e. The summed E-state index contributed by atoms with van der Waals surface area (Å²) in [6, 6.07) is 16.8. The monoisotopic (exact) mass is 321 g/mol. The average molecular weight is 322 g/mol. The molecule has 0 atom stereocenters. The second-order valence-corrected chi connectivity index (χ2v) is 5.99. The molecule has 0 aliphatic heterocycles. The number of pyridine rings is 1. The SMILES string of the molecule is Cc1c2c(nc3c1oc1ccccc13)CCc1ccccc1-2.Cl. The number of halogens is 1. The Morgan fingerprint density at radius 3 is 2.65 bits per heavy atom. The number of hydrogen-bond donors (Lipinski definition) is 0. The number of hydrogen-bond acceptors (Lipinski definition) is 2. The molecule has 2 aromatic carbocycles. The van der Waals surface area contributed by atoms with E-state index in [9.17, 15) is 0 Å². The molecule has 3 heteroatoms. The highest BCUT2D eigenvalue weighted by Gasteiger charge is 2.23. The van der Waals surface area contributed by atoms with Gasteiger partial charge in [0.1, 0.15) is 11.1 Å². The fourth-order valence-electron chi connectivity index (χ4n) is 3.69. The molecular formula is C20H16ClNO. The van der Waals surface area contributed by atoms with E-state index in [-0.39, 0.29) is 12.4 Å². The Kier molecular flexibility index (Phi) is 3.17. The van der Waals surface area contributed by atoms with E-state index in [1.54, 1.807) is 0 Å². The zero-order valence-corrected chi connectivity index (χ0v) is 13.6. The summed E-state index contributed by atoms with van der Waals surface area (Å²) in [4.78, 5) is 4.97. The van der Waals surface area contributed by atoms with Crippen LogP contribution < -0.4 is 0 Å². The topological polar surface area (TPSA) is 26.0 Å². The third-order valence-corrected chi connectivity index (χ3v) is 4.74. The van der Waals surface area contributed by atoms with Gasteiger partial charge in [-0.3, -0.25) is 0 Å². The van der Waals surface area contributed by atoms with Gasteiger partial charge in [-0.2, -0.15) is 0 Å². The first-order valence-corrected chi connectivity index (χ1v) is 7.72. The average Bonchev–Trinajstić information content (AvgIpc) is 2.94. The number of rotatable bonds is 0. The van der Waals surface area contributed by atoms with Gasteiger partial charge in [-0.25, -0.2) is 4.98 Å². The van der Waals surface area contributed by atoms with Crippen molar-refractivity contribution < 1.29 is 4.42 Å². The number of nitrogens with zero attached hydrogens (tertiary/aromatic N) is 1. The van der Waals surface area contributed by atoms with Crippen molar-refractivity contribution in [3.05, 3.63) is 65.4 Å². The lowest BCUT2D eigenvalue weighted by Gasteiger charge is -2.20. The molecule has 0 bridgehead atoms. The van der Waals surface area contributed by atoms with Crippen LogP contribution in [0.15, 0.2) is 52.9 Å². The van der Waals surface area contributed by atoms with Gasteiger partial charge < -0.3 is 4.42 Å². The molecule has 5 rings (SSSR count). The Morgan fingerprint density at radius 1 is 0.957 bits per heavy atom. The third kappa shape index (κ3) is 1.91. The largest absolute Gasteiger partial charge is 0.454 e. The number of aryl methyl sites for hydroxylation is 3. The van der Waals surface area contributed by atoms with Crippen LogP contribution in [0.25, 0.3) is 33.2 Å². The van der Waals surface area contributed by atoms with Crippen molar-refractivity contribution in [2.75, 3.05) is 0 Å². The summed E-state index contributed by atoms with van der Waals surface area (Å²) < 4.78 is 6.10. The maximum atomic E-state index is 6.10. The number of fused-ring (bicyclic) bond motifs is 6. The fraction of sp³-hybridized carbons (Fsp3) is 0.150. The molecule has 23 heavy (non-hydrogen) atoms. The van der Waals surface area contributed by atoms with E-state index in [1.165, 1.54) is 27.9 Å². The Labute approximate surface area is 140 Å². The molecule has 0 unspecified atom stereocenters. The van der Waals surface area contributed by atoms with E-state index >= 15 is 0 Å². The lowest BCUT2D eigenvalue weighted by atomic mass is 9.86. The van der Waals surface area contributed by atoms with Gasteiger partial charge in [0.2, 0.25) is 0 Å². The molecule has 0 amide bonds. The third-order valence-electron chi connectivity index (χ3n) is 4.74.